The molecule has 4 rings (SSSR count). The molecule has 0 bridgehead atoms. The van der Waals surface area contributed by atoms with E-state index in [4.69, 9.17) is 4.74 Å². The Morgan fingerprint density at radius 1 is 1.35 bits per heavy atom. The lowest BCUT2D eigenvalue weighted by atomic mass is 9.97. The molecular formula is C22H31N7OSi. The van der Waals surface area contributed by atoms with Gasteiger partial charge in [0.15, 0.2) is 0 Å². The number of nitrogens with one attached hydrogen (secondary N) is 1. The van der Waals surface area contributed by atoms with Crippen molar-refractivity contribution in [1.82, 2.24) is 29.6 Å². The van der Waals surface area contributed by atoms with Crippen molar-refractivity contribution < 1.29 is 4.74 Å². The first-order chi connectivity index (χ1) is 15.0. The predicted octanol–water partition coefficient (Wildman–Crippen LogP) is 3.67. The molecule has 0 amide bonds. The van der Waals surface area contributed by atoms with E-state index in [0.717, 1.165) is 54.5 Å². The van der Waals surface area contributed by atoms with E-state index in [1.54, 1.807) is 6.33 Å². The van der Waals surface area contributed by atoms with E-state index in [-0.39, 0.29) is 6.04 Å². The Kier molecular flexibility index (Phi) is 6.50. The van der Waals surface area contributed by atoms with Gasteiger partial charge in [0.2, 0.25) is 0 Å². The molecule has 8 nitrogen and oxygen atoms in total. The summed E-state index contributed by atoms with van der Waals surface area (Å²) in [6.45, 7) is 10.3. The van der Waals surface area contributed by atoms with Crippen LogP contribution in [0.4, 0.5) is 0 Å². The van der Waals surface area contributed by atoms with E-state index in [1.165, 1.54) is 0 Å². The van der Waals surface area contributed by atoms with E-state index in [0.29, 0.717) is 19.1 Å². The van der Waals surface area contributed by atoms with Crippen LogP contribution >= 0.6 is 0 Å². The third-order valence-corrected chi connectivity index (χ3v) is 7.64. The van der Waals surface area contributed by atoms with Crippen LogP contribution in [0.15, 0.2) is 31.0 Å². The summed E-state index contributed by atoms with van der Waals surface area (Å²) in [5, 5.41) is 18.3. The lowest BCUT2D eigenvalue weighted by molar-refractivity contribution is 0.0899. The van der Waals surface area contributed by atoms with Crippen LogP contribution < -0.4 is 5.32 Å². The molecule has 0 saturated carbocycles. The molecule has 1 N–H and O–H groups in total. The van der Waals surface area contributed by atoms with Crippen molar-refractivity contribution in [1.29, 1.82) is 5.26 Å². The van der Waals surface area contributed by atoms with Crippen molar-refractivity contribution in [3.63, 3.8) is 0 Å². The third kappa shape index (κ3) is 5.03. The molecular weight excluding hydrogens is 406 g/mol. The average Bonchev–Trinajstić information content (AvgIpc) is 3.50. The molecule has 0 aromatic carbocycles. The lowest BCUT2D eigenvalue weighted by Gasteiger charge is -2.20. The van der Waals surface area contributed by atoms with Crippen molar-refractivity contribution in [2.75, 3.05) is 19.7 Å². The van der Waals surface area contributed by atoms with Crippen LogP contribution in [-0.2, 0) is 11.5 Å². The standard InChI is InChI=1S/C22H31N7OSi/c1-31(2,3)11-10-30-16-28-9-6-19-21(25-15-26-22(19)28)18-13-27-29(14-18)20(4-7-23)17-5-8-24-12-17/h6,9,13-15,17,20,24H,4-5,8,10-12,16H2,1-3H3/t17-,20-/m0/s1. The van der Waals surface area contributed by atoms with Gasteiger partial charge in [-0.1, -0.05) is 19.6 Å². The van der Waals surface area contributed by atoms with Crippen molar-refractivity contribution in [3.8, 4) is 17.3 Å². The van der Waals surface area contributed by atoms with Gasteiger partial charge in [0.05, 0.1) is 30.4 Å². The number of nitrogens with zero attached hydrogens (tertiary/aromatic N) is 6. The van der Waals surface area contributed by atoms with E-state index >= 15 is 0 Å². The first kappa shape index (κ1) is 21.7. The summed E-state index contributed by atoms with van der Waals surface area (Å²) >= 11 is 0. The monoisotopic (exact) mass is 437 g/mol. The normalized spacial score (nSPS) is 17.8. The Bertz CT molecular complexity index is 1060. The summed E-state index contributed by atoms with van der Waals surface area (Å²) in [7, 11) is -1.10. The Labute approximate surface area is 184 Å². The number of rotatable bonds is 9. The molecule has 3 aromatic heterocycles. The zero-order chi connectivity index (χ0) is 21.8. The largest absolute Gasteiger partial charge is 0.361 e. The van der Waals surface area contributed by atoms with Crippen LogP contribution in [0.1, 0.15) is 18.9 Å². The fourth-order valence-electron chi connectivity index (χ4n) is 4.10. The molecule has 1 fully saturated rings. The summed E-state index contributed by atoms with van der Waals surface area (Å²) in [5.41, 5.74) is 2.66. The highest BCUT2D eigenvalue weighted by atomic mass is 28.3. The van der Waals surface area contributed by atoms with Gasteiger partial charge in [0.25, 0.3) is 0 Å². The SMILES string of the molecule is C[Si](C)(C)CCOCn1ccc2c(-c3cnn([C@@H](CC#N)[C@H]4CCNC4)c3)ncnc21. The van der Waals surface area contributed by atoms with Crippen LogP contribution in [0, 0.1) is 17.2 Å². The highest BCUT2D eigenvalue weighted by Crippen LogP contribution is 2.30. The van der Waals surface area contributed by atoms with Gasteiger partial charge in [0, 0.05) is 44.6 Å². The number of aromatic nitrogens is 5. The molecule has 3 aromatic rings. The molecule has 164 valence electrons. The number of hydrogen-bond donors (Lipinski definition) is 1. The minimum atomic E-state index is -1.10. The van der Waals surface area contributed by atoms with Gasteiger partial charge in [-0.3, -0.25) is 4.68 Å². The molecule has 1 saturated heterocycles. The molecule has 0 aliphatic carbocycles. The Morgan fingerprint density at radius 2 is 2.23 bits per heavy atom. The zero-order valence-electron chi connectivity index (χ0n) is 18.6. The maximum Gasteiger partial charge on any atom is 0.145 e. The number of hydrogen-bond acceptors (Lipinski definition) is 6. The van der Waals surface area contributed by atoms with Crippen molar-refractivity contribution >= 4 is 19.1 Å². The zero-order valence-corrected chi connectivity index (χ0v) is 19.6. The smallest absolute Gasteiger partial charge is 0.145 e. The average molecular weight is 438 g/mol. The predicted molar refractivity (Wildman–Crippen MR) is 123 cm³/mol. The molecule has 0 spiro atoms. The highest BCUT2D eigenvalue weighted by molar-refractivity contribution is 6.76. The molecule has 31 heavy (non-hydrogen) atoms. The van der Waals surface area contributed by atoms with Crippen LogP contribution in [0.3, 0.4) is 0 Å². The fraction of sp³-hybridized carbons (Fsp3) is 0.545. The topological polar surface area (TPSA) is 93.6 Å². The molecule has 9 heteroatoms. The first-order valence-corrected chi connectivity index (χ1v) is 14.7. The fourth-order valence-corrected chi connectivity index (χ4v) is 4.85. The summed E-state index contributed by atoms with van der Waals surface area (Å²) in [4.78, 5) is 9.04. The minimum absolute atomic E-state index is 0.0791. The maximum atomic E-state index is 9.31. The number of ether oxygens (including phenoxy) is 1. The third-order valence-electron chi connectivity index (χ3n) is 5.94. The van der Waals surface area contributed by atoms with Gasteiger partial charge in [-0.2, -0.15) is 10.4 Å². The van der Waals surface area contributed by atoms with E-state index < -0.39 is 8.07 Å². The second-order valence-electron chi connectivity index (χ2n) is 9.48. The molecule has 0 unspecified atom stereocenters. The molecule has 2 atom stereocenters. The van der Waals surface area contributed by atoms with Crippen LogP contribution in [0.25, 0.3) is 22.3 Å². The summed E-state index contributed by atoms with van der Waals surface area (Å²) in [6, 6.07) is 5.59. The van der Waals surface area contributed by atoms with Gasteiger partial charge in [-0.05, 0) is 31.0 Å². The van der Waals surface area contributed by atoms with E-state index in [1.807, 2.05) is 33.9 Å². The lowest BCUT2D eigenvalue weighted by Crippen LogP contribution is -2.22. The highest BCUT2D eigenvalue weighted by Gasteiger charge is 2.27. The van der Waals surface area contributed by atoms with Crippen molar-refractivity contribution in [3.05, 3.63) is 31.0 Å². The summed E-state index contributed by atoms with van der Waals surface area (Å²) in [6.07, 6.45) is 8.99. The molecule has 4 heterocycles. The quantitative estimate of drug-likeness (QED) is 0.405. The maximum absolute atomic E-state index is 9.31. The van der Waals surface area contributed by atoms with E-state index in [9.17, 15) is 5.26 Å². The van der Waals surface area contributed by atoms with Crippen LogP contribution in [-0.4, -0.2) is 52.1 Å². The second kappa shape index (κ2) is 9.30. The van der Waals surface area contributed by atoms with Crippen molar-refractivity contribution in [2.45, 2.75) is 51.3 Å². The molecule has 1 aliphatic heterocycles. The van der Waals surface area contributed by atoms with Gasteiger partial charge >= 0.3 is 0 Å². The Hall–Kier alpha value is -2.54. The summed E-state index contributed by atoms with van der Waals surface area (Å²) in [5.74, 6) is 0.423. The number of fused-ring (bicyclic) bond motifs is 1. The molecule has 1 aliphatic rings. The summed E-state index contributed by atoms with van der Waals surface area (Å²) < 4.78 is 9.88. The van der Waals surface area contributed by atoms with Crippen LogP contribution in [0.2, 0.25) is 25.7 Å². The van der Waals surface area contributed by atoms with Crippen LogP contribution in [0.5, 0.6) is 0 Å². The Balaban J connectivity index is 1.54. The van der Waals surface area contributed by atoms with E-state index in [2.05, 4.69) is 46.1 Å². The number of nitriles is 1. The van der Waals surface area contributed by atoms with Gasteiger partial charge in [-0.15, -0.1) is 0 Å². The Morgan fingerprint density at radius 3 is 2.97 bits per heavy atom. The minimum Gasteiger partial charge on any atom is -0.361 e. The van der Waals surface area contributed by atoms with Gasteiger partial charge in [-0.25, -0.2) is 9.97 Å². The first-order valence-electron chi connectivity index (χ1n) is 11.0. The molecule has 0 radical (unpaired) electrons. The second-order valence-corrected chi connectivity index (χ2v) is 15.1. The van der Waals surface area contributed by atoms with Gasteiger partial charge in [0.1, 0.15) is 18.7 Å². The van der Waals surface area contributed by atoms with Gasteiger partial charge < -0.3 is 14.6 Å². The van der Waals surface area contributed by atoms with Crippen molar-refractivity contribution in [2.24, 2.45) is 5.92 Å².